The monoisotopic (exact) mass is 208 g/mol. The second-order valence-corrected chi connectivity index (χ2v) is 3.70. The van der Waals surface area contributed by atoms with Crippen molar-refractivity contribution in [2.75, 3.05) is 6.61 Å². The summed E-state index contributed by atoms with van der Waals surface area (Å²) in [4.78, 5) is 19.0. The highest BCUT2D eigenvalue weighted by Gasteiger charge is 2.06. The van der Waals surface area contributed by atoms with Crippen molar-refractivity contribution in [1.82, 2.24) is 9.97 Å². The van der Waals surface area contributed by atoms with Gasteiger partial charge in [0.2, 0.25) is 5.88 Å². The fourth-order valence-electron chi connectivity index (χ4n) is 1.23. The summed E-state index contributed by atoms with van der Waals surface area (Å²) in [5, 5.41) is 0. The molecule has 0 spiro atoms. The minimum atomic E-state index is 0.379. The molecule has 1 aromatic heterocycles. The minimum Gasteiger partial charge on any atom is -0.478 e. The molecule has 0 saturated carbocycles. The molecule has 0 aliphatic rings. The molecular formula is C11H16N2O2. The number of ether oxygens (including phenoxy) is 1. The summed E-state index contributed by atoms with van der Waals surface area (Å²) < 4.78 is 5.26. The number of carbonyl (C=O) groups is 1. The third-order valence-electron chi connectivity index (χ3n) is 1.77. The lowest BCUT2D eigenvalue weighted by Crippen LogP contribution is -2.06. The molecule has 1 aromatic rings. The molecule has 0 unspecified atom stereocenters. The van der Waals surface area contributed by atoms with Crippen LogP contribution in [-0.2, 0) is 6.42 Å². The molecule has 4 nitrogen and oxygen atoms in total. The van der Waals surface area contributed by atoms with Gasteiger partial charge in [0.25, 0.3) is 0 Å². The van der Waals surface area contributed by atoms with Crippen molar-refractivity contribution in [2.24, 2.45) is 5.92 Å². The maximum atomic E-state index is 10.7. The first-order chi connectivity index (χ1) is 7.15. The molecule has 0 aromatic carbocycles. The van der Waals surface area contributed by atoms with Crippen LogP contribution in [0.15, 0.2) is 6.07 Å². The van der Waals surface area contributed by atoms with Crippen LogP contribution in [-0.4, -0.2) is 22.9 Å². The first-order valence-electron chi connectivity index (χ1n) is 5.11. The van der Waals surface area contributed by atoms with Gasteiger partial charge in [0.15, 0.2) is 6.29 Å². The molecular weight excluding hydrogens is 192 g/mol. The predicted octanol–water partition coefficient (Wildman–Crippen LogP) is 1.89. The minimum absolute atomic E-state index is 0.379. The molecule has 1 rings (SSSR count). The average molecular weight is 208 g/mol. The van der Waals surface area contributed by atoms with Gasteiger partial charge >= 0.3 is 0 Å². The van der Waals surface area contributed by atoms with Crippen LogP contribution in [0.25, 0.3) is 0 Å². The summed E-state index contributed by atoms with van der Waals surface area (Å²) in [7, 11) is 0. The Morgan fingerprint density at radius 2 is 2.20 bits per heavy atom. The standard InChI is InChI=1S/C11H16N2O2/c1-4-15-11-6-9(7-14)12-10(13-11)5-8(2)3/h6-8H,4-5H2,1-3H3. The third-order valence-corrected chi connectivity index (χ3v) is 1.77. The molecule has 0 aliphatic heterocycles. The molecule has 15 heavy (non-hydrogen) atoms. The van der Waals surface area contributed by atoms with Crippen LogP contribution in [0.2, 0.25) is 0 Å². The van der Waals surface area contributed by atoms with Gasteiger partial charge in [-0.2, -0.15) is 4.98 Å². The Hall–Kier alpha value is -1.45. The van der Waals surface area contributed by atoms with E-state index in [1.54, 1.807) is 6.07 Å². The van der Waals surface area contributed by atoms with E-state index in [1.807, 2.05) is 6.92 Å². The first kappa shape index (κ1) is 11.6. The zero-order valence-electron chi connectivity index (χ0n) is 9.36. The first-order valence-corrected chi connectivity index (χ1v) is 5.11. The van der Waals surface area contributed by atoms with E-state index in [9.17, 15) is 4.79 Å². The summed E-state index contributed by atoms with van der Waals surface area (Å²) >= 11 is 0. The Morgan fingerprint density at radius 1 is 1.47 bits per heavy atom. The smallest absolute Gasteiger partial charge is 0.217 e. The van der Waals surface area contributed by atoms with Gasteiger partial charge in [0, 0.05) is 12.5 Å². The summed E-state index contributed by atoms with van der Waals surface area (Å²) in [6.45, 7) is 6.58. The van der Waals surface area contributed by atoms with Crippen LogP contribution in [0.5, 0.6) is 5.88 Å². The van der Waals surface area contributed by atoms with E-state index in [4.69, 9.17) is 4.74 Å². The molecule has 82 valence electrons. The Bertz CT molecular complexity index is 337. The summed E-state index contributed by atoms with van der Waals surface area (Å²) in [6, 6.07) is 1.56. The highest BCUT2D eigenvalue weighted by atomic mass is 16.5. The van der Waals surface area contributed by atoms with Crippen LogP contribution in [0.3, 0.4) is 0 Å². The Morgan fingerprint density at radius 3 is 2.73 bits per heavy atom. The van der Waals surface area contributed by atoms with Crippen LogP contribution in [0.4, 0.5) is 0 Å². The van der Waals surface area contributed by atoms with Crippen LogP contribution >= 0.6 is 0 Å². The van der Waals surface area contributed by atoms with Crippen molar-refractivity contribution in [3.63, 3.8) is 0 Å². The quantitative estimate of drug-likeness (QED) is 0.693. The predicted molar refractivity (Wildman–Crippen MR) is 57.1 cm³/mol. The maximum absolute atomic E-state index is 10.7. The van der Waals surface area contributed by atoms with Gasteiger partial charge in [-0.25, -0.2) is 4.98 Å². The second kappa shape index (κ2) is 5.44. The second-order valence-electron chi connectivity index (χ2n) is 3.70. The molecule has 1 heterocycles. The number of nitrogens with zero attached hydrogens (tertiary/aromatic N) is 2. The van der Waals surface area contributed by atoms with E-state index in [1.165, 1.54) is 0 Å². The molecule has 0 amide bonds. The van der Waals surface area contributed by atoms with Crippen LogP contribution < -0.4 is 4.74 Å². The number of aromatic nitrogens is 2. The van der Waals surface area contributed by atoms with Gasteiger partial charge < -0.3 is 4.74 Å². The Balaban J connectivity index is 2.94. The fourth-order valence-corrected chi connectivity index (χ4v) is 1.23. The highest BCUT2D eigenvalue weighted by molar-refractivity contribution is 5.72. The SMILES string of the molecule is CCOc1cc(C=O)nc(CC(C)C)n1. The van der Waals surface area contributed by atoms with Gasteiger partial charge in [-0.05, 0) is 12.8 Å². The molecule has 0 aliphatic carbocycles. The van der Waals surface area contributed by atoms with Crippen molar-refractivity contribution < 1.29 is 9.53 Å². The van der Waals surface area contributed by atoms with Crippen molar-refractivity contribution in [3.05, 3.63) is 17.6 Å². The lowest BCUT2D eigenvalue weighted by Gasteiger charge is -2.07. The molecule has 0 fully saturated rings. The number of rotatable bonds is 5. The van der Waals surface area contributed by atoms with E-state index in [0.29, 0.717) is 36.2 Å². The number of carbonyl (C=O) groups excluding carboxylic acids is 1. The molecule has 0 N–H and O–H groups in total. The molecule has 0 saturated heterocycles. The van der Waals surface area contributed by atoms with Gasteiger partial charge in [-0.15, -0.1) is 0 Å². The maximum Gasteiger partial charge on any atom is 0.217 e. The van der Waals surface area contributed by atoms with Crippen LogP contribution in [0.1, 0.15) is 37.1 Å². The zero-order chi connectivity index (χ0) is 11.3. The van der Waals surface area contributed by atoms with Crippen molar-refractivity contribution in [3.8, 4) is 5.88 Å². The average Bonchev–Trinajstić information content (AvgIpc) is 2.16. The van der Waals surface area contributed by atoms with E-state index in [2.05, 4.69) is 23.8 Å². The van der Waals surface area contributed by atoms with Crippen molar-refractivity contribution in [1.29, 1.82) is 0 Å². The number of hydrogen-bond donors (Lipinski definition) is 0. The summed E-state index contributed by atoms with van der Waals surface area (Å²) in [5.41, 5.74) is 0.379. The normalized spacial score (nSPS) is 10.4. The highest BCUT2D eigenvalue weighted by Crippen LogP contribution is 2.11. The zero-order valence-corrected chi connectivity index (χ0v) is 9.36. The summed E-state index contributed by atoms with van der Waals surface area (Å²) in [6.07, 6.45) is 1.47. The van der Waals surface area contributed by atoms with Gasteiger partial charge in [-0.3, -0.25) is 4.79 Å². The molecule has 0 atom stereocenters. The Labute approximate surface area is 89.7 Å². The Kier molecular flexibility index (Phi) is 4.21. The number of aldehydes is 1. The summed E-state index contributed by atoms with van der Waals surface area (Å²) in [5.74, 6) is 1.60. The molecule has 0 bridgehead atoms. The van der Waals surface area contributed by atoms with E-state index >= 15 is 0 Å². The molecule has 0 radical (unpaired) electrons. The van der Waals surface area contributed by atoms with E-state index in [-0.39, 0.29) is 0 Å². The van der Waals surface area contributed by atoms with Gasteiger partial charge in [-0.1, -0.05) is 13.8 Å². The van der Waals surface area contributed by atoms with E-state index in [0.717, 1.165) is 6.42 Å². The fraction of sp³-hybridized carbons (Fsp3) is 0.545. The number of hydrogen-bond acceptors (Lipinski definition) is 4. The molecule has 4 heteroatoms. The van der Waals surface area contributed by atoms with Crippen molar-refractivity contribution in [2.45, 2.75) is 27.2 Å². The largest absolute Gasteiger partial charge is 0.478 e. The topological polar surface area (TPSA) is 52.1 Å². The van der Waals surface area contributed by atoms with E-state index < -0.39 is 0 Å². The van der Waals surface area contributed by atoms with Crippen LogP contribution in [0, 0.1) is 5.92 Å². The van der Waals surface area contributed by atoms with Gasteiger partial charge in [0.05, 0.1) is 6.61 Å². The third kappa shape index (κ3) is 3.65. The lowest BCUT2D eigenvalue weighted by atomic mass is 10.1. The van der Waals surface area contributed by atoms with Crippen molar-refractivity contribution >= 4 is 6.29 Å². The van der Waals surface area contributed by atoms with Gasteiger partial charge in [0.1, 0.15) is 11.5 Å². The lowest BCUT2D eigenvalue weighted by molar-refractivity contribution is 0.111.